The minimum atomic E-state index is -0.509. The SMILES string of the molecule is COC(=O)/C=C/c1ccc(N2C3CCC2CC(O)C3)c([N+](=O)[O-])c1. The Morgan fingerprint density at radius 1 is 1.38 bits per heavy atom. The van der Waals surface area contributed by atoms with Crippen LogP contribution in [0.15, 0.2) is 24.3 Å². The lowest BCUT2D eigenvalue weighted by Gasteiger charge is -2.38. The maximum Gasteiger partial charge on any atom is 0.330 e. The van der Waals surface area contributed by atoms with E-state index in [4.69, 9.17) is 0 Å². The van der Waals surface area contributed by atoms with E-state index in [1.54, 1.807) is 12.1 Å². The van der Waals surface area contributed by atoms with Gasteiger partial charge in [0.25, 0.3) is 5.69 Å². The number of aliphatic hydroxyl groups excluding tert-OH is 1. The van der Waals surface area contributed by atoms with Crippen molar-refractivity contribution in [3.63, 3.8) is 0 Å². The van der Waals surface area contributed by atoms with Crippen LogP contribution < -0.4 is 4.90 Å². The minimum absolute atomic E-state index is 0.0234. The minimum Gasteiger partial charge on any atom is -0.466 e. The van der Waals surface area contributed by atoms with Crippen molar-refractivity contribution in [2.24, 2.45) is 0 Å². The summed E-state index contributed by atoms with van der Waals surface area (Å²) in [5, 5.41) is 21.4. The predicted octanol–water partition coefficient (Wildman–Crippen LogP) is 2.27. The van der Waals surface area contributed by atoms with E-state index in [2.05, 4.69) is 9.64 Å². The summed E-state index contributed by atoms with van der Waals surface area (Å²) in [5.74, 6) is -0.509. The first kappa shape index (κ1) is 16.4. The number of fused-ring (bicyclic) bond motifs is 2. The molecule has 0 radical (unpaired) electrons. The largest absolute Gasteiger partial charge is 0.466 e. The Morgan fingerprint density at radius 3 is 2.62 bits per heavy atom. The van der Waals surface area contributed by atoms with Gasteiger partial charge in [-0.2, -0.15) is 0 Å². The Morgan fingerprint density at radius 2 is 2.04 bits per heavy atom. The number of nitro groups is 1. The molecule has 0 amide bonds. The second-order valence-electron chi connectivity index (χ2n) is 6.28. The molecule has 0 saturated carbocycles. The Labute approximate surface area is 139 Å². The third kappa shape index (κ3) is 3.12. The number of piperidine rings is 1. The van der Waals surface area contributed by atoms with Crippen LogP contribution >= 0.6 is 0 Å². The standard InChI is InChI=1S/C17H20N2O5/c1-24-17(21)7-3-11-2-6-15(16(8-11)19(22)23)18-12-4-5-13(18)10-14(20)9-12/h2-3,6-8,12-14,20H,4-5,9-10H2,1H3/b7-3+. The molecule has 2 fully saturated rings. The van der Waals surface area contributed by atoms with Gasteiger partial charge in [0.2, 0.25) is 0 Å². The highest BCUT2D eigenvalue weighted by atomic mass is 16.6. The van der Waals surface area contributed by atoms with E-state index in [-0.39, 0.29) is 23.9 Å². The molecule has 0 spiro atoms. The summed E-state index contributed by atoms with van der Waals surface area (Å²) in [6.45, 7) is 0. The summed E-state index contributed by atoms with van der Waals surface area (Å²) in [5.41, 5.74) is 1.19. The van der Waals surface area contributed by atoms with Crippen molar-refractivity contribution in [3.8, 4) is 0 Å². The predicted molar refractivity (Wildman–Crippen MR) is 88.7 cm³/mol. The van der Waals surface area contributed by atoms with Gasteiger partial charge in [0.1, 0.15) is 5.69 Å². The zero-order chi connectivity index (χ0) is 17.3. The summed E-state index contributed by atoms with van der Waals surface area (Å²) < 4.78 is 4.52. The van der Waals surface area contributed by atoms with Gasteiger partial charge in [-0.15, -0.1) is 0 Å². The number of methoxy groups -OCH3 is 1. The van der Waals surface area contributed by atoms with E-state index in [0.29, 0.717) is 24.1 Å². The number of carbonyl (C=O) groups is 1. The van der Waals surface area contributed by atoms with Gasteiger partial charge in [0.15, 0.2) is 0 Å². The van der Waals surface area contributed by atoms with Gasteiger partial charge in [-0.05, 0) is 43.4 Å². The van der Waals surface area contributed by atoms with Gasteiger partial charge in [-0.25, -0.2) is 4.79 Å². The molecule has 1 aromatic rings. The van der Waals surface area contributed by atoms with E-state index < -0.39 is 10.9 Å². The number of hydrogen-bond acceptors (Lipinski definition) is 6. The first-order valence-electron chi connectivity index (χ1n) is 8.00. The van der Waals surface area contributed by atoms with Crippen LogP contribution in [-0.4, -0.2) is 41.3 Å². The number of ether oxygens (including phenoxy) is 1. The lowest BCUT2D eigenvalue weighted by molar-refractivity contribution is -0.384. The van der Waals surface area contributed by atoms with E-state index in [1.165, 1.54) is 25.3 Å². The van der Waals surface area contributed by atoms with Crippen LogP contribution in [-0.2, 0) is 9.53 Å². The second-order valence-corrected chi connectivity index (χ2v) is 6.28. The van der Waals surface area contributed by atoms with E-state index in [0.717, 1.165) is 12.8 Å². The topological polar surface area (TPSA) is 92.9 Å². The number of carbonyl (C=O) groups excluding carboxylic acids is 1. The number of anilines is 1. The molecule has 0 aliphatic carbocycles. The van der Waals surface area contributed by atoms with Crippen LogP contribution in [0, 0.1) is 10.1 Å². The number of benzene rings is 1. The van der Waals surface area contributed by atoms with Crippen molar-refractivity contribution in [1.82, 2.24) is 0 Å². The van der Waals surface area contributed by atoms with Crippen LogP contribution in [0.4, 0.5) is 11.4 Å². The van der Waals surface area contributed by atoms with Crippen LogP contribution in [0.1, 0.15) is 31.2 Å². The molecule has 2 saturated heterocycles. The quantitative estimate of drug-likeness (QED) is 0.393. The van der Waals surface area contributed by atoms with Crippen molar-refractivity contribution in [2.45, 2.75) is 43.9 Å². The lowest BCUT2D eigenvalue weighted by atomic mass is 9.98. The van der Waals surface area contributed by atoms with Crippen LogP contribution in [0.25, 0.3) is 6.08 Å². The molecule has 2 unspecified atom stereocenters. The zero-order valence-electron chi connectivity index (χ0n) is 13.4. The average Bonchev–Trinajstić information content (AvgIpc) is 2.83. The molecular weight excluding hydrogens is 312 g/mol. The molecule has 1 N–H and O–H groups in total. The molecule has 7 heteroatoms. The molecule has 128 valence electrons. The fourth-order valence-corrected chi connectivity index (χ4v) is 3.78. The third-order valence-electron chi connectivity index (χ3n) is 4.80. The number of nitrogens with zero attached hydrogens (tertiary/aromatic N) is 2. The summed E-state index contributed by atoms with van der Waals surface area (Å²) in [4.78, 5) is 24.4. The summed E-state index contributed by atoms with van der Waals surface area (Å²) >= 11 is 0. The van der Waals surface area contributed by atoms with E-state index >= 15 is 0 Å². The van der Waals surface area contributed by atoms with Gasteiger partial charge in [0.05, 0.1) is 18.1 Å². The number of esters is 1. The maximum atomic E-state index is 11.5. The molecular formula is C17H20N2O5. The fourth-order valence-electron chi connectivity index (χ4n) is 3.78. The van der Waals surface area contributed by atoms with Crippen molar-refractivity contribution in [3.05, 3.63) is 40.0 Å². The number of aliphatic hydroxyl groups is 1. The van der Waals surface area contributed by atoms with Gasteiger partial charge in [-0.3, -0.25) is 10.1 Å². The van der Waals surface area contributed by atoms with Gasteiger partial charge in [-0.1, -0.05) is 6.07 Å². The highest BCUT2D eigenvalue weighted by Gasteiger charge is 2.42. The van der Waals surface area contributed by atoms with Crippen molar-refractivity contribution >= 4 is 23.4 Å². The fraction of sp³-hybridized carbons (Fsp3) is 0.471. The van der Waals surface area contributed by atoms with Gasteiger partial charge < -0.3 is 14.7 Å². The van der Waals surface area contributed by atoms with Crippen molar-refractivity contribution in [1.29, 1.82) is 0 Å². The molecule has 2 aliphatic rings. The molecule has 24 heavy (non-hydrogen) atoms. The third-order valence-corrected chi connectivity index (χ3v) is 4.80. The molecule has 0 aromatic heterocycles. The van der Waals surface area contributed by atoms with Gasteiger partial charge in [0, 0.05) is 24.2 Å². The van der Waals surface area contributed by atoms with Crippen LogP contribution in [0.5, 0.6) is 0 Å². The van der Waals surface area contributed by atoms with Crippen LogP contribution in [0.2, 0.25) is 0 Å². The molecule has 2 bridgehead atoms. The van der Waals surface area contributed by atoms with Crippen molar-refractivity contribution < 1.29 is 19.6 Å². The highest BCUT2D eigenvalue weighted by molar-refractivity contribution is 5.87. The molecule has 2 heterocycles. The highest BCUT2D eigenvalue weighted by Crippen LogP contribution is 2.43. The molecule has 7 nitrogen and oxygen atoms in total. The molecule has 3 rings (SSSR count). The van der Waals surface area contributed by atoms with E-state index in [1.807, 2.05) is 0 Å². The Balaban J connectivity index is 1.93. The second kappa shape index (κ2) is 6.60. The first-order valence-corrected chi connectivity index (χ1v) is 8.00. The molecule has 1 aromatic carbocycles. The summed E-state index contributed by atoms with van der Waals surface area (Å²) in [7, 11) is 1.28. The lowest BCUT2D eigenvalue weighted by Crippen LogP contribution is -2.45. The monoisotopic (exact) mass is 332 g/mol. The summed E-state index contributed by atoms with van der Waals surface area (Å²) in [6, 6.07) is 5.26. The molecule has 2 atom stereocenters. The normalized spacial score (nSPS) is 25.9. The molecule has 2 aliphatic heterocycles. The van der Waals surface area contributed by atoms with Gasteiger partial charge >= 0.3 is 5.97 Å². The average molecular weight is 332 g/mol. The van der Waals surface area contributed by atoms with Crippen LogP contribution in [0.3, 0.4) is 0 Å². The van der Waals surface area contributed by atoms with Crippen molar-refractivity contribution in [2.75, 3.05) is 12.0 Å². The number of hydrogen-bond donors (Lipinski definition) is 1. The number of rotatable bonds is 4. The Bertz CT molecular complexity index is 674. The smallest absolute Gasteiger partial charge is 0.330 e. The Hall–Kier alpha value is -2.41. The Kier molecular flexibility index (Phi) is 4.53. The first-order chi connectivity index (χ1) is 11.5. The zero-order valence-corrected chi connectivity index (χ0v) is 13.4. The maximum absolute atomic E-state index is 11.5. The van der Waals surface area contributed by atoms with E-state index in [9.17, 15) is 20.0 Å². The number of nitro benzene ring substituents is 1. The summed E-state index contributed by atoms with van der Waals surface area (Å²) in [6.07, 6.45) is 5.61.